The predicted octanol–water partition coefficient (Wildman–Crippen LogP) is 2.09. The standard InChI is InChI=1S/C18H36N4O/c1-6-19-17(21-12-16(23-5)18(2,3)4)20-11-14-9-10-22(13-14)15-7-8-15/h14-16H,6-13H2,1-5H3,(H2,19,20,21). The number of hydrogen-bond donors (Lipinski definition) is 2. The fraction of sp³-hybridized carbons (Fsp3) is 0.944. The summed E-state index contributed by atoms with van der Waals surface area (Å²) in [5, 5.41) is 6.88. The summed E-state index contributed by atoms with van der Waals surface area (Å²) in [7, 11) is 1.77. The van der Waals surface area contributed by atoms with E-state index in [-0.39, 0.29) is 11.5 Å². The van der Waals surface area contributed by atoms with Gasteiger partial charge in [0.05, 0.1) is 12.6 Å². The van der Waals surface area contributed by atoms with Crippen molar-refractivity contribution in [1.29, 1.82) is 0 Å². The lowest BCUT2D eigenvalue weighted by Gasteiger charge is -2.28. The minimum atomic E-state index is 0.103. The van der Waals surface area contributed by atoms with Crippen molar-refractivity contribution in [3.8, 4) is 0 Å². The Morgan fingerprint density at radius 3 is 2.57 bits per heavy atom. The van der Waals surface area contributed by atoms with Gasteiger partial charge in [-0.1, -0.05) is 20.8 Å². The maximum absolute atomic E-state index is 5.60. The van der Waals surface area contributed by atoms with Gasteiger partial charge in [-0.3, -0.25) is 4.99 Å². The number of likely N-dealkylation sites (tertiary alicyclic amines) is 1. The largest absolute Gasteiger partial charge is 0.379 e. The van der Waals surface area contributed by atoms with Gasteiger partial charge in [0.2, 0.25) is 0 Å². The molecule has 0 aromatic heterocycles. The first-order valence-electron chi connectivity index (χ1n) is 9.23. The molecule has 2 aliphatic rings. The van der Waals surface area contributed by atoms with Crippen molar-refractivity contribution in [3.05, 3.63) is 0 Å². The van der Waals surface area contributed by atoms with Crippen LogP contribution in [0.5, 0.6) is 0 Å². The number of guanidine groups is 1. The molecule has 2 atom stereocenters. The summed E-state index contributed by atoms with van der Waals surface area (Å²) in [5.41, 5.74) is 0.103. The van der Waals surface area contributed by atoms with E-state index < -0.39 is 0 Å². The molecule has 0 amide bonds. The van der Waals surface area contributed by atoms with Crippen molar-refractivity contribution in [2.45, 2.75) is 59.1 Å². The van der Waals surface area contributed by atoms with Gasteiger partial charge in [-0.2, -0.15) is 0 Å². The van der Waals surface area contributed by atoms with E-state index >= 15 is 0 Å². The molecule has 1 heterocycles. The molecule has 5 nitrogen and oxygen atoms in total. The van der Waals surface area contributed by atoms with Gasteiger partial charge in [0, 0.05) is 32.8 Å². The molecule has 1 saturated carbocycles. The lowest BCUT2D eigenvalue weighted by molar-refractivity contribution is 0.0241. The Morgan fingerprint density at radius 2 is 2.00 bits per heavy atom. The maximum atomic E-state index is 5.60. The SMILES string of the molecule is CCNC(=NCC(OC)C(C)(C)C)NCC1CCN(C2CC2)C1. The average molecular weight is 325 g/mol. The molecule has 1 aliphatic heterocycles. The van der Waals surface area contributed by atoms with Crippen molar-refractivity contribution >= 4 is 5.96 Å². The van der Waals surface area contributed by atoms with Crippen LogP contribution in [0.15, 0.2) is 4.99 Å². The highest BCUT2D eigenvalue weighted by Gasteiger charge is 2.34. The Labute approximate surface area is 142 Å². The molecule has 2 N–H and O–H groups in total. The summed E-state index contributed by atoms with van der Waals surface area (Å²) in [6.45, 7) is 13.8. The number of rotatable bonds is 7. The zero-order chi connectivity index (χ0) is 16.9. The first kappa shape index (κ1) is 18.5. The van der Waals surface area contributed by atoms with Crippen LogP contribution < -0.4 is 10.6 Å². The monoisotopic (exact) mass is 324 g/mol. The number of nitrogens with one attached hydrogen (secondary N) is 2. The molecule has 0 aromatic carbocycles. The van der Waals surface area contributed by atoms with E-state index in [1.165, 1.54) is 32.4 Å². The molecule has 1 saturated heterocycles. The van der Waals surface area contributed by atoms with Crippen LogP contribution in [0.1, 0.15) is 47.0 Å². The van der Waals surface area contributed by atoms with E-state index in [1.807, 2.05) is 0 Å². The summed E-state index contributed by atoms with van der Waals surface area (Å²) in [6, 6.07) is 0.899. The second-order valence-corrected chi connectivity index (χ2v) is 8.07. The highest BCUT2D eigenvalue weighted by molar-refractivity contribution is 5.79. The van der Waals surface area contributed by atoms with E-state index in [1.54, 1.807) is 7.11 Å². The summed E-state index contributed by atoms with van der Waals surface area (Å²) >= 11 is 0. The lowest BCUT2D eigenvalue weighted by Crippen LogP contribution is -2.41. The van der Waals surface area contributed by atoms with Gasteiger partial charge in [-0.05, 0) is 44.1 Å². The van der Waals surface area contributed by atoms with Crippen LogP contribution in [0.25, 0.3) is 0 Å². The molecule has 23 heavy (non-hydrogen) atoms. The summed E-state index contributed by atoms with van der Waals surface area (Å²) in [6.07, 6.45) is 4.27. The zero-order valence-electron chi connectivity index (χ0n) is 15.7. The van der Waals surface area contributed by atoms with Crippen LogP contribution in [0, 0.1) is 11.3 Å². The highest BCUT2D eigenvalue weighted by atomic mass is 16.5. The van der Waals surface area contributed by atoms with Gasteiger partial charge in [0.25, 0.3) is 0 Å². The number of ether oxygens (including phenoxy) is 1. The number of hydrogen-bond acceptors (Lipinski definition) is 3. The second-order valence-electron chi connectivity index (χ2n) is 8.07. The molecule has 2 unspecified atom stereocenters. The Bertz CT molecular complexity index is 387. The molecule has 0 spiro atoms. The van der Waals surface area contributed by atoms with Crippen LogP contribution >= 0.6 is 0 Å². The molecule has 5 heteroatoms. The molecular weight excluding hydrogens is 288 g/mol. The second kappa shape index (κ2) is 8.34. The van der Waals surface area contributed by atoms with Crippen molar-refractivity contribution in [2.75, 3.05) is 39.8 Å². The van der Waals surface area contributed by atoms with Crippen LogP contribution in [0.3, 0.4) is 0 Å². The number of nitrogens with zero attached hydrogens (tertiary/aromatic N) is 2. The van der Waals surface area contributed by atoms with E-state index in [4.69, 9.17) is 9.73 Å². The van der Waals surface area contributed by atoms with Crippen LogP contribution in [0.4, 0.5) is 0 Å². The molecule has 0 bridgehead atoms. The fourth-order valence-electron chi connectivity index (χ4n) is 3.26. The maximum Gasteiger partial charge on any atom is 0.191 e. The predicted molar refractivity (Wildman–Crippen MR) is 96.9 cm³/mol. The third-order valence-electron chi connectivity index (χ3n) is 4.95. The molecule has 0 aromatic rings. The van der Waals surface area contributed by atoms with Crippen molar-refractivity contribution in [1.82, 2.24) is 15.5 Å². The zero-order valence-corrected chi connectivity index (χ0v) is 15.7. The third-order valence-corrected chi connectivity index (χ3v) is 4.95. The number of aliphatic imine (C=N–C) groups is 1. The molecular formula is C18H36N4O. The Hall–Kier alpha value is -0.810. The molecule has 1 aliphatic carbocycles. The minimum Gasteiger partial charge on any atom is -0.379 e. The van der Waals surface area contributed by atoms with Crippen LogP contribution in [-0.4, -0.2) is 62.8 Å². The van der Waals surface area contributed by atoms with Gasteiger partial charge in [0.1, 0.15) is 0 Å². The van der Waals surface area contributed by atoms with Crippen molar-refractivity contribution in [3.63, 3.8) is 0 Å². The Kier molecular flexibility index (Phi) is 6.72. The van der Waals surface area contributed by atoms with Crippen LogP contribution in [0.2, 0.25) is 0 Å². The van der Waals surface area contributed by atoms with E-state index in [0.717, 1.165) is 31.0 Å². The normalized spacial score (nSPS) is 24.7. The first-order chi connectivity index (χ1) is 10.9. The number of methoxy groups -OCH3 is 1. The summed E-state index contributed by atoms with van der Waals surface area (Å²) in [4.78, 5) is 7.40. The highest BCUT2D eigenvalue weighted by Crippen LogP contribution is 2.31. The lowest BCUT2D eigenvalue weighted by atomic mass is 9.89. The topological polar surface area (TPSA) is 48.9 Å². The third kappa shape index (κ3) is 5.96. The Balaban J connectivity index is 1.79. The fourth-order valence-corrected chi connectivity index (χ4v) is 3.26. The average Bonchev–Trinajstić information content (AvgIpc) is 3.23. The van der Waals surface area contributed by atoms with Crippen LogP contribution in [-0.2, 0) is 4.74 Å². The van der Waals surface area contributed by atoms with E-state index in [0.29, 0.717) is 6.54 Å². The smallest absolute Gasteiger partial charge is 0.191 e. The molecule has 0 radical (unpaired) electrons. The van der Waals surface area contributed by atoms with E-state index in [2.05, 4.69) is 43.2 Å². The minimum absolute atomic E-state index is 0.103. The van der Waals surface area contributed by atoms with Crippen molar-refractivity contribution < 1.29 is 4.74 Å². The van der Waals surface area contributed by atoms with E-state index in [9.17, 15) is 0 Å². The summed E-state index contributed by atoms with van der Waals surface area (Å²) in [5.74, 6) is 1.67. The van der Waals surface area contributed by atoms with Gasteiger partial charge >= 0.3 is 0 Å². The molecule has 2 rings (SSSR count). The van der Waals surface area contributed by atoms with Gasteiger partial charge in [-0.25, -0.2) is 0 Å². The first-order valence-corrected chi connectivity index (χ1v) is 9.23. The molecule has 2 fully saturated rings. The quantitative estimate of drug-likeness (QED) is 0.556. The van der Waals surface area contributed by atoms with Crippen molar-refractivity contribution in [2.24, 2.45) is 16.3 Å². The van der Waals surface area contributed by atoms with Gasteiger partial charge < -0.3 is 20.3 Å². The summed E-state index contributed by atoms with van der Waals surface area (Å²) < 4.78 is 5.60. The van der Waals surface area contributed by atoms with Gasteiger partial charge in [-0.15, -0.1) is 0 Å². The Morgan fingerprint density at radius 1 is 1.26 bits per heavy atom. The van der Waals surface area contributed by atoms with Gasteiger partial charge in [0.15, 0.2) is 5.96 Å². The molecule has 134 valence electrons.